The highest BCUT2D eigenvalue weighted by molar-refractivity contribution is 5.42. The predicted octanol–water partition coefficient (Wildman–Crippen LogP) is 4.83. The lowest BCUT2D eigenvalue weighted by Gasteiger charge is -2.30. The Morgan fingerprint density at radius 3 is 1.40 bits per heavy atom. The molecule has 0 aliphatic carbocycles. The summed E-state index contributed by atoms with van der Waals surface area (Å²) in [4.78, 5) is 0. The van der Waals surface area contributed by atoms with E-state index in [0.717, 1.165) is 0 Å². The number of aryl methyl sites for hydroxylation is 4. The molecule has 0 unspecified atom stereocenters. The Balaban J connectivity index is 2.57. The standard InChI is InChI=1S/C19H24O/c1-13-7-9-17(11-15(13)3)19(5,20-6)18-10-8-14(2)16(4)12-18/h7-12H,1-6H3. The molecule has 0 saturated heterocycles. The number of rotatable bonds is 3. The summed E-state index contributed by atoms with van der Waals surface area (Å²) in [7, 11) is 1.78. The van der Waals surface area contributed by atoms with Crippen LogP contribution in [0.25, 0.3) is 0 Å². The fourth-order valence-corrected chi connectivity index (χ4v) is 2.48. The first-order valence-electron chi connectivity index (χ1n) is 7.09. The molecule has 1 heteroatoms. The van der Waals surface area contributed by atoms with Gasteiger partial charge in [0, 0.05) is 7.11 Å². The number of benzene rings is 2. The minimum atomic E-state index is -0.406. The maximum absolute atomic E-state index is 5.90. The van der Waals surface area contributed by atoms with E-state index < -0.39 is 5.60 Å². The fraction of sp³-hybridized carbons (Fsp3) is 0.368. The lowest BCUT2D eigenvalue weighted by molar-refractivity contribution is 0.0390. The van der Waals surface area contributed by atoms with E-state index in [2.05, 4.69) is 71.0 Å². The molecule has 0 radical (unpaired) electrons. The summed E-state index contributed by atoms with van der Waals surface area (Å²) in [5, 5.41) is 0. The Morgan fingerprint density at radius 1 is 0.700 bits per heavy atom. The van der Waals surface area contributed by atoms with Crippen LogP contribution in [0.15, 0.2) is 36.4 Å². The summed E-state index contributed by atoms with van der Waals surface area (Å²) in [5.41, 5.74) is 7.22. The second-order valence-corrected chi connectivity index (χ2v) is 5.84. The van der Waals surface area contributed by atoms with Crippen LogP contribution < -0.4 is 0 Å². The average molecular weight is 268 g/mol. The second-order valence-electron chi connectivity index (χ2n) is 5.84. The van der Waals surface area contributed by atoms with E-state index >= 15 is 0 Å². The Bertz CT molecular complexity index is 574. The van der Waals surface area contributed by atoms with Gasteiger partial charge in [0.1, 0.15) is 5.60 Å². The molecule has 1 nitrogen and oxygen atoms in total. The Hall–Kier alpha value is -1.60. The molecule has 2 rings (SSSR count). The SMILES string of the molecule is COC(C)(c1ccc(C)c(C)c1)c1ccc(C)c(C)c1. The van der Waals surface area contributed by atoms with Crippen LogP contribution >= 0.6 is 0 Å². The lowest BCUT2D eigenvalue weighted by atomic mass is 9.85. The molecule has 0 heterocycles. The molecule has 0 N–H and O–H groups in total. The maximum Gasteiger partial charge on any atom is 0.115 e. The first kappa shape index (κ1) is 14.8. The van der Waals surface area contributed by atoms with Crippen molar-refractivity contribution >= 4 is 0 Å². The molecular formula is C19H24O. The third-order valence-corrected chi connectivity index (χ3v) is 4.52. The van der Waals surface area contributed by atoms with Crippen molar-refractivity contribution < 1.29 is 4.74 Å². The Labute approximate surface area is 122 Å². The monoisotopic (exact) mass is 268 g/mol. The molecule has 0 aliphatic heterocycles. The van der Waals surface area contributed by atoms with E-state index in [9.17, 15) is 0 Å². The summed E-state index contributed by atoms with van der Waals surface area (Å²) in [5.74, 6) is 0. The van der Waals surface area contributed by atoms with Crippen molar-refractivity contribution in [2.24, 2.45) is 0 Å². The van der Waals surface area contributed by atoms with Crippen molar-refractivity contribution in [3.63, 3.8) is 0 Å². The molecule has 2 aromatic rings. The molecule has 0 aliphatic rings. The molecule has 106 valence electrons. The van der Waals surface area contributed by atoms with Gasteiger partial charge >= 0.3 is 0 Å². The minimum Gasteiger partial charge on any atom is -0.369 e. The van der Waals surface area contributed by atoms with Gasteiger partial charge in [-0.25, -0.2) is 0 Å². The van der Waals surface area contributed by atoms with Crippen molar-refractivity contribution in [2.45, 2.75) is 40.2 Å². The van der Waals surface area contributed by atoms with Gasteiger partial charge in [0.25, 0.3) is 0 Å². The van der Waals surface area contributed by atoms with Crippen LogP contribution in [-0.4, -0.2) is 7.11 Å². The molecular weight excluding hydrogens is 244 g/mol. The van der Waals surface area contributed by atoms with Gasteiger partial charge in [0.15, 0.2) is 0 Å². The first-order chi connectivity index (χ1) is 9.38. The van der Waals surface area contributed by atoms with Gasteiger partial charge in [0.2, 0.25) is 0 Å². The molecule has 0 fully saturated rings. The van der Waals surface area contributed by atoms with Crippen LogP contribution in [0.4, 0.5) is 0 Å². The zero-order valence-electron chi connectivity index (χ0n) is 13.4. The van der Waals surface area contributed by atoms with Gasteiger partial charge in [0.05, 0.1) is 0 Å². The van der Waals surface area contributed by atoms with Gasteiger partial charge in [-0.2, -0.15) is 0 Å². The summed E-state index contributed by atoms with van der Waals surface area (Å²) < 4.78 is 5.90. The Morgan fingerprint density at radius 2 is 1.10 bits per heavy atom. The van der Waals surface area contributed by atoms with Crippen molar-refractivity contribution in [3.05, 3.63) is 69.8 Å². The third kappa shape index (κ3) is 2.51. The predicted molar refractivity (Wildman–Crippen MR) is 85.3 cm³/mol. The molecule has 0 amide bonds. The maximum atomic E-state index is 5.90. The average Bonchev–Trinajstić information content (AvgIpc) is 2.44. The second kappa shape index (κ2) is 5.41. The summed E-state index contributed by atoms with van der Waals surface area (Å²) in [6.45, 7) is 10.7. The van der Waals surface area contributed by atoms with Crippen LogP contribution in [-0.2, 0) is 10.3 Å². The molecule has 0 atom stereocenters. The molecule has 0 aromatic heterocycles. The highest BCUT2D eigenvalue weighted by Crippen LogP contribution is 2.34. The van der Waals surface area contributed by atoms with Crippen LogP contribution in [0, 0.1) is 27.7 Å². The zero-order chi connectivity index (χ0) is 14.9. The number of hydrogen-bond acceptors (Lipinski definition) is 1. The van der Waals surface area contributed by atoms with E-state index in [1.807, 2.05) is 0 Å². The van der Waals surface area contributed by atoms with E-state index in [1.165, 1.54) is 33.4 Å². The van der Waals surface area contributed by atoms with Crippen molar-refractivity contribution in [3.8, 4) is 0 Å². The summed E-state index contributed by atoms with van der Waals surface area (Å²) in [6.07, 6.45) is 0. The van der Waals surface area contributed by atoms with E-state index in [1.54, 1.807) is 7.11 Å². The molecule has 0 saturated carbocycles. The first-order valence-corrected chi connectivity index (χ1v) is 7.09. The van der Waals surface area contributed by atoms with Crippen LogP contribution in [0.1, 0.15) is 40.3 Å². The smallest absolute Gasteiger partial charge is 0.115 e. The Kier molecular flexibility index (Phi) is 4.01. The van der Waals surface area contributed by atoms with Crippen molar-refractivity contribution in [1.82, 2.24) is 0 Å². The van der Waals surface area contributed by atoms with Crippen LogP contribution in [0.2, 0.25) is 0 Å². The van der Waals surface area contributed by atoms with Crippen molar-refractivity contribution in [2.75, 3.05) is 7.11 Å². The van der Waals surface area contributed by atoms with Crippen molar-refractivity contribution in [1.29, 1.82) is 0 Å². The van der Waals surface area contributed by atoms with Gasteiger partial charge in [-0.05, 0) is 68.0 Å². The van der Waals surface area contributed by atoms with Gasteiger partial charge in [-0.15, -0.1) is 0 Å². The quantitative estimate of drug-likeness (QED) is 0.774. The minimum absolute atomic E-state index is 0.406. The highest BCUT2D eigenvalue weighted by atomic mass is 16.5. The zero-order valence-corrected chi connectivity index (χ0v) is 13.4. The van der Waals surface area contributed by atoms with Gasteiger partial charge in [-0.3, -0.25) is 0 Å². The lowest BCUT2D eigenvalue weighted by Crippen LogP contribution is -2.26. The topological polar surface area (TPSA) is 9.23 Å². The number of hydrogen-bond donors (Lipinski definition) is 0. The van der Waals surface area contributed by atoms with Crippen LogP contribution in [0.5, 0.6) is 0 Å². The number of methoxy groups -OCH3 is 1. The summed E-state index contributed by atoms with van der Waals surface area (Å²) in [6, 6.07) is 13.1. The molecule has 20 heavy (non-hydrogen) atoms. The summed E-state index contributed by atoms with van der Waals surface area (Å²) >= 11 is 0. The van der Waals surface area contributed by atoms with E-state index in [0.29, 0.717) is 0 Å². The van der Waals surface area contributed by atoms with Gasteiger partial charge in [-0.1, -0.05) is 36.4 Å². The van der Waals surface area contributed by atoms with E-state index in [4.69, 9.17) is 4.74 Å². The third-order valence-electron chi connectivity index (χ3n) is 4.52. The molecule has 0 bridgehead atoms. The molecule has 2 aromatic carbocycles. The number of ether oxygens (including phenoxy) is 1. The largest absolute Gasteiger partial charge is 0.369 e. The highest BCUT2D eigenvalue weighted by Gasteiger charge is 2.29. The fourth-order valence-electron chi connectivity index (χ4n) is 2.48. The van der Waals surface area contributed by atoms with E-state index in [-0.39, 0.29) is 0 Å². The van der Waals surface area contributed by atoms with Crippen LogP contribution in [0.3, 0.4) is 0 Å². The molecule has 0 spiro atoms. The van der Waals surface area contributed by atoms with Gasteiger partial charge < -0.3 is 4.74 Å². The normalized spacial score (nSPS) is 11.7.